The Morgan fingerprint density at radius 2 is 1.73 bits per heavy atom. The molecule has 3 aromatic carbocycles. The first-order valence-electron chi connectivity index (χ1n) is 14.0. The Morgan fingerprint density at radius 1 is 1.00 bits per heavy atom. The highest BCUT2D eigenvalue weighted by molar-refractivity contribution is 6.35. The molecule has 0 aromatic heterocycles. The summed E-state index contributed by atoms with van der Waals surface area (Å²) in [6.45, 7) is 5.77. The third-order valence-corrected chi connectivity index (χ3v) is 8.59. The van der Waals surface area contributed by atoms with E-state index in [1.165, 1.54) is 25.7 Å². The molecule has 2 amide bonds. The third kappa shape index (κ3) is 6.97. The summed E-state index contributed by atoms with van der Waals surface area (Å²) in [6, 6.07) is 24.1. The lowest BCUT2D eigenvalue weighted by molar-refractivity contribution is 0.0289. The van der Waals surface area contributed by atoms with Crippen LogP contribution < -0.4 is 10.6 Å². The van der Waals surface area contributed by atoms with E-state index in [0.717, 1.165) is 36.3 Å². The maximum absolute atomic E-state index is 12.9. The van der Waals surface area contributed by atoms with Crippen molar-refractivity contribution >= 4 is 34.9 Å². The van der Waals surface area contributed by atoms with Crippen molar-refractivity contribution in [3.05, 3.63) is 87.9 Å². The van der Waals surface area contributed by atoms with E-state index in [4.69, 9.17) is 23.2 Å². The van der Waals surface area contributed by atoms with E-state index in [1.54, 1.807) is 18.2 Å². The van der Waals surface area contributed by atoms with Crippen LogP contribution in [0.25, 0.3) is 11.1 Å². The maximum Gasteiger partial charge on any atom is 0.319 e. The van der Waals surface area contributed by atoms with Crippen LogP contribution in [-0.4, -0.2) is 54.1 Å². The van der Waals surface area contributed by atoms with E-state index in [2.05, 4.69) is 57.7 Å². The predicted molar refractivity (Wildman–Crippen MR) is 163 cm³/mol. The summed E-state index contributed by atoms with van der Waals surface area (Å²) in [6.07, 6.45) is 5.28. The SMILES string of the molecule is C[C@H]1CN(C2CCCC2)CCN1[C@@H](CNC(=O)Nc1cc(Cl)cc(Cl)c1)c1ccc(-c2cccc(C#N)c2)cc1. The van der Waals surface area contributed by atoms with Crippen molar-refractivity contribution in [2.45, 2.75) is 50.7 Å². The highest BCUT2D eigenvalue weighted by atomic mass is 35.5. The minimum absolute atomic E-state index is 0.00826. The van der Waals surface area contributed by atoms with Gasteiger partial charge in [0.05, 0.1) is 17.7 Å². The van der Waals surface area contributed by atoms with E-state index in [-0.39, 0.29) is 12.1 Å². The highest BCUT2D eigenvalue weighted by Crippen LogP contribution is 2.31. The molecule has 208 valence electrons. The third-order valence-electron chi connectivity index (χ3n) is 8.15. The van der Waals surface area contributed by atoms with E-state index in [0.29, 0.717) is 39.9 Å². The molecule has 2 aliphatic rings. The Balaban J connectivity index is 1.33. The van der Waals surface area contributed by atoms with Gasteiger partial charge in [0.2, 0.25) is 0 Å². The molecule has 2 N–H and O–H groups in total. The smallest absolute Gasteiger partial charge is 0.319 e. The molecule has 1 aliphatic heterocycles. The molecular weight excluding hydrogens is 541 g/mol. The van der Waals surface area contributed by atoms with Gasteiger partial charge in [0.25, 0.3) is 0 Å². The van der Waals surface area contributed by atoms with Crippen LogP contribution in [0, 0.1) is 11.3 Å². The number of hydrogen-bond donors (Lipinski definition) is 2. The van der Waals surface area contributed by atoms with Gasteiger partial charge >= 0.3 is 6.03 Å². The Labute approximate surface area is 246 Å². The van der Waals surface area contributed by atoms with Gasteiger partial charge in [0.1, 0.15) is 0 Å². The second-order valence-corrected chi connectivity index (χ2v) is 11.7. The molecule has 1 heterocycles. The van der Waals surface area contributed by atoms with E-state index >= 15 is 0 Å². The van der Waals surface area contributed by atoms with E-state index in [9.17, 15) is 10.1 Å². The van der Waals surface area contributed by atoms with Gasteiger partial charge in [-0.25, -0.2) is 4.79 Å². The zero-order valence-electron chi connectivity index (χ0n) is 22.7. The van der Waals surface area contributed by atoms with Crippen molar-refractivity contribution in [3.8, 4) is 17.2 Å². The standard InChI is InChI=1S/C32H35Cl2N5O/c1-22-21-38(30-7-2-3-8-30)13-14-39(22)31(20-36-32(40)37-29-17-27(33)16-28(34)18-29)25-11-9-24(10-12-25)26-6-4-5-23(15-26)19-35/h4-6,9-12,15-18,22,30-31H,2-3,7-8,13-14,20-21H2,1H3,(H2,36,37,40)/t22-,31-/m0/s1. The number of urea groups is 1. The zero-order chi connectivity index (χ0) is 28.1. The number of hydrogen-bond acceptors (Lipinski definition) is 4. The number of nitrogens with one attached hydrogen (secondary N) is 2. The quantitative estimate of drug-likeness (QED) is 0.309. The van der Waals surface area contributed by atoms with Crippen molar-refractivity contribution in [2.75, 3.05) is 31.5 Å². The fraction of sp³-hybridized carbons (Fsp3) is 0.375. The summed E-state index contributed by atoms with van der Waals surface area (Å²) in [4.78, 5) is 18.1. The van der Waals surface area contributed by atoms with Crippen LogP contribution in [0.3, 0.4) is 0 Å². The van der Waals surface area contributed by atoms with Crippen LogP contribution in [-0.2, 0) is 0 Å². The average Bonchev–Trinajstić information content (AvgIpc) is 3.49. The number of benzene rings is 3. The summed E-state index contributed by atoms with van der Waals surface area (Å²) in [5.41, 5.74) is 4.41. The summed E-state index contributed by atoms with van der Waals surface area (Å²) in [5.74, 6) is 0. The molecule has 0 radical (unpaired) electrons. The average molecular weight is 577 g/mol. The normalized spacial score (nSPS) is 19.2. The molecule has 0 unspecified atom stereocenters. The second-order valence-electron chi connectivity index (χ2n) is 10.8. The minimum atomic E-state index is -0.300. The van der Waals surface area contributed by atoms with Crippen LogP contribution in [0.1, 0.15) is 49.8 Å². The minimum Gasteiger partial charge on any atom is -0.336 e. The van der Waals surface area contributed by atoms with Crippen LogP contribution in [0.4, 0.5) is 10.5 Å². The topological polar surface area (TPSA) is 71.4 Å². The maximum atomic E-state index is 12.9. The Morgan fingerprint density at radius 3 is 2.40 bits per heavy atom. The molecule has 40 heavy (non-hydrogen) atoms. The van der Waals surface area contributed by atoms with Crippen LogP contribution >= 0.6 is 23.2 Å². The van der Waals surface area contributed by atoms with E-state index in [1.807, 2.05) is 24.3 Å². The molecular formula is C32H35Cl2N5O. The van der Waals surface area contributed by atoms with Crippen LogP contribution in [0.15, 0.2) is 66.7 Å². The number of amides is 2. The lowest BCUT2D eigenvalue weighted by atomic mass is 9.97. The molecule has 1 saturated carbocycles. The summed E-state index contributed by atoms with van der Waals surface area (Å²) >= 11 is 12.2. The first-order valence-corrected chi connectivity index (χ1v) is 14.8. The van der Waals surface area contributed by atoms with Gasteiger partial charge in [-0.1, -0.05) is 72.4 Å². The predicted octanol–water partition coefficient (Wildman–Crippen LogP) is 7.34. The first-order chi connectivity index (χ1) is 19.4. The fourth-order valence-electron chi connectivity index (χ4n) is 6.15. The van der Waals surface area contributed by atoms with Gasteiger partial charge in [0, 0.05) is 54.0 Å². The molecule has 6 nitrogen and oxygen atoms in total. The fourth-order valence-corrected chi connectivity index (χ4v) is 6.67. The lowest BCUT2D eigenvalue weighted by Crippen LogP contribution is -2.56. The molecule has 0 bridgehead atoms. The number of nitrogens with zero attached hydrogens (tertiary/aromatic N) is 3. The number of halogens is 2. The van der Waals surface area contributed by atoms with Gasteiger partial charge in [-0.3, -0.25) is 9.80 Å². The number of rotatable bonds is 7. The number of carbonyl (C=O) groups excluding carboxylic acids is 1. The highest BCUT2D eigenvalue weighted by Gasteiger charge is 2.34. The summed E-state index contributed by atoms with van der Waals surface area (Å²) < 4.78 is 0. The Kier molecular flexibility index (Phi) is 9.29. The van der Waals surface area contributed by atoms with Crippen molar-refractivity contribution < 1.29 is 4.79 Å². The summed E-state index contributed by atoms with van der Waals surface area (Å²) in [7, 11) is 0. The molecule has 8 heteroatoms. The van der Waals surface area contributed by atoms with Crippen molar-refractivity contribution in [1.82, 2.24) is 15.1 Å². The lowest BCUT2D eigenvalue weighted by Gasteiger charge is -2.46. The number of carbonyl (C=O) groups is 1. The Bertz CT molecular complexity index is 1350. The van der Waals surface area contributed by atoms with Crippen LogP contribution in [0.5, 0.6) is 0 Å². The Hall–Kier alpha value is -3.08. The molecule has 2 atom stereocenters. The van der Waals surface area contributed by atoms with Crippen molar-refractivity contribution in [2.24, 2.45) is 0 Å². The largest absolute Gasteiger partial charge is 0.336 e. The van der Waals surface area contributed by atoms with Gasteiger partial charge in [-0.15, -0.1) is 0 Å². The van der Waals surface area contributed by atoms with Gasteiger partial charge in [0.15, 0.2) is 0 Å². The first kappa shape index (κ1) is 28.4. The van der Waals surface area contributed by atoms with Crippen molar-refractivity contribution in [3.63, 3.8) is 0 Å². The van der Waals surface area contributed by atoms with E-state index < -0.39 is 0 Å². The molecule has 0 spiro atoms. The molecule has 5 rings (SSSR count). The molecule has 1 saturated heterocycles. The van der Waals surface area contributed by atoms with Gasteiger partial charge < -0.3 is 10.6 Å². The molecule has 1 aliphatic carbocycles. The number of anilines is 1. The van der Waals surface area contributed by atoms with Crippen LogP contribution in [0.2, 0.25) is 10.0 Å². The number of nitriles is 1. The number of piperazine rings is 1. The monoisotopic (exact) mass is 575 g/mol. The molecule has 2 fully saturated rings. The van der Waals surface area contributed by atoms with Crippen molar-refractivity contribution in [1.29, 1.82) is 5.26 Å². The molecule has 3 aromatic rings. The second kappa shape index (κ2) is 13.1. The zero-order valence-corrected chi connectivity index (χ0v) is 24.3. The summed E-state index contributed by atoms with van der Waals surface area (Å²) in [5, 5.41) is 16.2. The van der Waals surface area contributed by atoms with Gasteiger partial charge in [-0.05, 0) is 66.8 Å². The van der Waals surface area contributed by atoms with Gasteiger partial charge in [-0.2, -0.15) is 5.26 Å².